The molecule has 2 aromatic carbocycles. The molecule has 0 aliphatic rings. The number of hydrogen-bond donors (Lipinski definition) is 2. The Morgan fingerprint density at radius 1 is 1.06 bits per heavy atom. The summed E-state index contributed by atoms with van der Waals surface area (Å²) in [5.41, 5.74) is 11.6. The number of hydrogen-bond acceptors (Lipinski definition) is 3. The molecule has 0 unspecified atom stereocenters. The molecular weight excluding hydrogens is 251 g/mol. The first-order chi connectivity index (χ1) is 8.59. The molecule has 92 valence electrons. The summed E-state index contributed by atoms with van der Waals surface area (Å²) in [5, 5.41) is 0. The topological polar surface area (TPSA) is 69.1 Å². The molecule has 18 heavy (non-hydrogen) atoms. The number of rotatable bonds is 3. The number of primary amides is 1. The second-order valence-corrected chi connectivity index (χ2v) is 4.70. The number of halogens is 1. The van der Waals surface area contributed by atoms with Gasteiger partial charge in [-0.3, -0.25) is 4.79 Å². The SMILES string of the molecule is NC(=O)c1cccc(Sc2ccccc2F)c1N. The van der Waals surface area contributed by atoms with Crippen LogP contribution >= 0.6 is 11.8 Å². The number of carbonyl (C=O) groups excluding carboxylic acids is 1. The van der Waals surface area contributed by atoms with E-state index in [1.54, 1.807) is 36.4 Å². The Morgan fingerprint density at radius 2 is 1.72 bits per heavy atom. The standard InChI is InChI=1S/C13H11FN2OS/c14-9-5-1-2-6-10(9)18-11-7-3-4-8(12(11)15)13(16)17/h1-7H,15H2,(H2,16,17). The van der Waals surface area contributed by atoms with E-state index in [0.717, 1.165) is 11.8 Å². The van der Waals surface area contributed by atoms with Crippen molar-refractivity contribution in [2.75, 3.05) is 5.73 Å². The minimum absolute atomic E-state index is 0.247. The Labute approximate surface area is 108 Å². The molecule has 0 aromatic heterocycles. The van der Waals surface area contributed by atoms with Gasteiger partial charge in [0.2, 0.25) is 0 Å². The van der Waals surface area contributed by atoms with Crippen LogP contribution < -0.4 is 11.5 Å². The second kappa shape index (κ2) is 5.10. The summed E-state index contributed by atoms with van der Waals surface area (Å²) >= 11 is 1.16. The highest BCUT2D eigenvalue weighted by atomic mass is 32.2. The van der Waals surface area contributed by atoms with Gasteiger partial charge in [0.05, 0.1) is 11.3 Å². The maximum atomic E-state index is 13.5. The smallest absolute Gasteiger partial charge is 0.250 e. The van der Waals surface area contributed by atoms with E-state index in [9.17, 15) is 9.18 Å². The van der Waals surface area contributed by atoms with Gasteiger partial charge in [-0.1, -0.05) is 30.0 Å². The molecule has 2 aromatic rings. The highest BCUT2D eigenvalue weighted by molar-refractivity contribution is 7.99. The average molecular weight is 262 g/mol. The Balaban J connectivity index is 2.39. The van der Waals surface area contributed by atoms with Crippen molar-refractivity contribution in [3.05, 3.63) is 53.8 Å². The molecule has 1 amide bonds. The number of amides is 1. The van der Waals surface area contributed by atoms with Crippen LogP contribution in [-0.4, -0.2) is 5.91 Å². The van der Waals surface area contributed by atoms with Gasteiger partial charge in [0.25, 0.3) is 5.91 Å². The normalized spacial score (nSPS) is 10.3. The number of nitrogens with two attached hydrogens (primary N) is 2. The Bertz CT molecular complexity index is 601. The predicted octanol–water partition coefficient (Wildman–Crippen LogP) is 2.66. The van der Waals surface area contributed by atoms with Crippen LogP contribution in [0.5, 0.6) is 0 Å². The van der Waals surface area contributed by atoms with Crippen molar-refractivity contribution in [1.82, 2.24) is 0 Å². The third-order valence-electron chi connectivity index (χ3n) is 2.39. The van der Waals surface area contributed by atoms with E-state index >= 15 is 0 Å². The quantitative estimate of drug-likeness (QED) is 0.835. The fourth-order valence-corrected chi connectivity index (χ4v) is 2.41. The van der Waals surface area contributed by atoms with E-state index in [0.29, 0.717) is 9.79 Å². The van der Waals surface area contributed by atoms with E-state index in [-0.39, 0.29) is 17.1 Å². The zero-order valence-corrected chi connectivity index (χ0v) is 10.2. The van der Waals surface area contributed by atoms with Crippen LogP contribution in [0.2, 0.25) is 0 Å². The molecule has 0 atom stereocenters. The van der Waals surface area contributed by atoms with Gasteiger partial charge < -0.3 is 11.5 Å². The number of para-hydroxylation sites is 1. The van der Waals surface area contributed by atoms with Crippen LogP contribution in [0.4, 0.5) is 10.1 Å². The molecule has 3 nitrogen and oxygen atoms in total. The van der Waals surface area contributed by atoms with Gasteiger partial charge in [0, 0.05) is 9.79 Å². The van der Waals surface area contributed by atoms with Crippen molar-refractivity contribution in [2.45, 2.75) is 9.79 Å². The Hall–Kier alpha value is -2.01. The first-order valence-corrected chi connectivity index (χ1v) is 6.02. The van der Waals surface area contributed by atoms with E-state index in [2.05, 4.69) is 0 Å². The van der Waals surface area contributed by atoms with Crippen molar-refractivity contribution in [3.8, 4) is 0 Å². The maximum Gasteiger partial charge on any atom is 0.250 e. The molecule has 0 bridgehead atoms. The first kappa shape index (κ1) is 12.4. The lowest BCUT2D eigenvalue weighted by Crippen LogP contribution is -2.13. The molecule has 0 saturated heterocycles. The summed E-state index contributed by atoms with van der Waals surface area (Å²) < 4.78 is 13.5. The van der Waals surface area contributed by atoms with Crippen molar-refractivity contribution in [3.63, 3.8) is 0 Å². The highest BCUT2D eigenvalue weighted by Gasteiger charge is 2.11. The lowest BCUT2D eigenvalue weighted by atomic mass is 10.2. The summed E-state index contributed by atoms with van der Waals surface area (Å²) in [4.78, 5) is 12.2. The molecule has 0 heterocycles. The number of carbonyl (C=O) groups is 1. The van der Waals surface area contributed by atoms with Crippen LogP contribution in [0, 0.1) is 5.82 Å². The number of anilines is 1. The lowest BCUT2D eigenvalue weighted by Gasteiger charge is -2.08. The van der Waals surface area contributed by atoms with Crippen LogP contribution in [0.3, 0.4) is 0 Å². The largest absolute Gasteiger partial charge is 0.397 e. The van der Waals surface area contributed by atoms with Crippen molar-refractivity contribution in [1.29, 1.82) is 0 Å². The molecule has 4 N–H and O–H groups in total. The molecule has 5 heteroatoms. The van der Waals surface area contributed by atoms with Gasteiger partial charge >= 0.3 is 0 Å². The first-order valence-electron chi connectivity index (χ1n) is 5.20. The zero-order chi connectivity index (χ0) is 13.1. The highest BCUT2D eigenvalue weighted by Crippen LogP contribution is 2.34. The zero-order valence-electron chi connectivity index (χ0n) is 9.39. The lowest BCUT2D eigenvalue weighted by molar-refractivity contribution is 0.100. The Kier molecular flexibility index (Phi) is 3.53. The minimum atomic E-state index is -0.594. The van der Waals surface area contributed by atoms with Gasteiger partial charge in [-0.25, -0.2) is 4.39 Å². The van der Waals surface area contributed by atoms with Gasteiger partial charge in [0.15, 0.2) is 0 Å². The fourth-order valence-electron chi connectivity index (χ4n) is 1.49. The molecule has 0 aliphatic heterocycles. The minimum Gasteiger partial charge on any atom is -0.397 e. The van der Waals surface area contributed by atoms with Crippen LogP contribution in [0.15, 0.2) is 52.3 Å². The summed E-state index contributed by atoms with van der Waals surface area (Å²) in [5.74, 6) is -0.921. The molecule has 0 radical (unpaired) electrons. The summed E-state index contributed by atoms with van der Waals surface area (Å²) in [7, 11) is 0. The average Bonchev–Trinajstić information content (AvgIpc) is 2.34. The van der Waals surface area contributed by atoms with E-state index < -0.39 is 5.91 Å². The summed E-state index contributed by atoms with van der Waals surface area (Å²) in [6.45, 7) is 0. The third kappa shape index (κ3) is 2.46. The molecule has 2 rings (SSSR count). The fraction of sp³-hybridized carbons (Fsp3) is 0. The van der Waals surface area contributed by atoms with Gasteiger partial charge in [-0.2, -0.15) is 0 Å². The predicted molar refractivity (Wildman–Crippen MR) is 69.9 cm³/mol. The molecular formula is C13H11FN2OS. The van der Waals surface area contributed by atoms with Gasteiger partial charge in [-0.05, 0) is 24.3 Å². The molecule has 0 aliphatic carbocycles. The van der Waals surface area contributed by atoms with Crippen molar-refractivity contribution >= 4 is 23.4 Å². The summed E-state index contributed by atoms with van der Waals surface area (Å²) in [6, 6.07) is 11.3. The van der Waals surface area contributed by atoms with Crippen molar-refractivity contribution in [2.24, 2.45) is 5.73 Å². The van der Waals surface area contributed by atoms with Crippen LogP contribution in [0.1, 0.15) is 10.4 Å². The van der Waals surface area contributed by atoms with Gasteiger partial charge in [-0.15, -0.1) is 0 Å². The van der Waals surface area contributed by atoms with Crippen LogP contribution in [-0.2, 0) is 0 Å². The monoisotopic (exact) mass is 262 g/mol. The third-order valence-corrected chi connectivity index (χ3v) is 3.52. The molecule has 0 saturated carbocycles. The maximum absolute atomic E-state index is 13.5. The molecule has 0 spiro atoms. The van der Waals surface area contributed by atoms with Crippen molar-refractivity contribution < 1.29 is 9.18 Å². The second-order valence-electron chi connectivity index (χ2n) is 3.61. The van der Waals surface area contributed by atoms with E-state index in [1.807, 2.05) is 0 Å². The number of benzene rings is 2. The Morgan fingerprint density at radius 3 is 2.39 bits per heavy atom. The molecule has 0 fully saturated rings. The van der Waals surface area contributed by atoms with E-state index in [4.69, 9.17) is 11.5 Å². The van der Waals surface area contributed by atoms with Gasteiger partial charge in [0.1, 0.15) is 5.82 Å². The van der Waals surface area contributed by atoms with E-state index in [1.165, 1.54) is 6.07 Å². The number of nitrogen functional groups attached to an aromatic ring is 1. The summed E-state index contributed by atoms with van der Waals surface area (Å²) in [6.07, 6.45) is 0. The van der Waals surface area contributed by atoms with Crippen LogP contribution in [0.25, 0.3) is 0 Å².